The van der Waals surface area contributed by atoms with Gasteiger partial charge in [0.15, 0.2) is 0 Å². The second kappa shape index (κ2) is 4.00. The minimum Gasteiger partial charge on any atom is -0.354 e. The molecule has 0 aromatic carbocycles. The van der Waals surface area contributed by atoms with E-state index in [1.165, 1.54) is 0 Å². The normalized spacial score (nSPS) is 9.58. The van der Waals surface area contributed by atoms with Gasteiger partial charge >= 0.3 is 0 Å². The molecule has 5 heteroatoms. The van der Waals surface area contributed by atoms with Gasteiger partial charge in [0.05, 0.1) is 0 Å². The second-order valence-corrected chi connectivity index (χ2v) is 3.71. The Kier molecular flexibility index (Phi) is 3.22. The van der Waals surface area contributed by atoms with E-state index in [0.717, 1.165) is 0 Å². The molecule has 1 amide bonds. The maximum Gasteiger partial charge on any atom is 0.270 e. The number of carbonyl (C=O) groups excluding carboxylic acids is 1. The van der Waals surface area contributed by atoms with Gasteiger partial charge in [-0.3, -0.25) is 4.79 Å². The van der Waals surface area contributed by atoms with Gasteiger partial charge in [0.1, 0.15) is 10.3 Å². The number of pyridine rings is 1. The van der Waals surface area contributed by atoms with Crippen molar-refractivity contribution in [1.82, 2.24) is 10.3 Å². The summed E-state index contributed by atoms with van der Waals surface area (Å²) in [5, 5.41) is 2.50. The third-order valence-electron chi connectivity index (χ3n) is 1.25. The van der Waals surface area contributed by atoms with Crippen LogP contribution in [0.25, 0.3) is 0 Å². The number of amides is 1. The lowest BCUT2D eigenvalue weighted by Crippen LogP contribution is -2.19. The zero-order valence-electron chi connectivity index (χ0n) is 6.27. The van der Waals surface area contributed by atoms with Crippen LogP contribution in [0.5, 0.6) is 0 Å². The summed E-state index contributed by atoms with van der Waals surface area (Å²) in [4.78, 5) is 15.2. The van der Waals surface area contributed by atoms with Crippen LogP contribution in [0.1, 0.15) is 10.5 Å². The highest BCUT2D eigenvalue weighted by Crippen LogP contribution is 2.17. The summed E-state index contributed by atoms with van der Waals surface area (Å²) in [5.74, 6) is -0.205. The number of carbonyl (C=O) groups is 1. The van der Waals surface area contributed by atoms with E-state index in [1.807, 2.05) is 0 Å². The molecule has 1 heterocycles. The number of rotatable bonds is 1. The Bertz CT molecular complexity index is 314. The Morgan fingerprint density at radius 2 is 2.17 bits per heavy atom. The first-order valence-electron chi connectivity index (χ1n) is 3.19. The van der Waals surface area contributed by atoms with Crippen LogP contribution in [0.15, 0.2) is 21.2 Å². The van der Waals surface area contributed by atoms with Crippen molar-refractivity contribution in [3.63, 3.8) is 0 Å². The molecule has 0 spiro atoms. The highest BCUT2D eigenvalue weighted by atomic mass is 79.9. The van der Waals surface area contributed by atoms with Crippen LogP contribution in [0.4, 0.5) is 0 Å². The molecule has 0 saturated carbocycles. The van der Waals surface area contributed by atoms with Crippen LogP contribution in [-0.2, 0) is 0 Å². The summed E-state index contributed by atoms with van der Waals surface area (Å²) in [6.45, 7) is 0. The summed E-state index contributed by atoms with van der Waals surface area (Å²) >= 11 is 6.41. The van der Waals surface area contributed by atoms with E-state index in [1.54, 1.807) is 19.2 Å². The third kappa shape index (κ3) is 2.04. The number of aromatic nitrogens is 1. The lowest BCUT2D eigenvalue weighted by molar-refractivity contribution is 0.0957. The zero-order valence-corrected chi connectivity index (χ0v) is 9.44. The number of hydrogen-bond donors (Lipinski definition) is 1. The van der Waals surface area contributed by atoms with Crippen molar-refractivity contribution in [1.29, 1.82) is 0 Å². The molecule has 1 aromatic rings. The fraction of sp³-hybridized carbons (Fsp3) is 0.143. The Morgan fingerprint density at radius 3 is 2.75 bits per heavy atom. The van der Waals surface area contributed by atoms with Crippen molar-refractivity contribution in [2.45, 2.75) is 0 Å². The Morgan fingerprint density at radius 1 is 1.50 bits per heavy atom. The first-order valence-corrected chi connectivity index (χ1v) is 4.78. The number of nitrogens with zero attached hydrogens (tertiary/aromatic N) is 1. The highest BCUT2D eigenvalue weighted by molar-refractivity contribution is 9.11. The molecule has 0 radical (unpaired) electrons. The maximum absolute atomic E-state index is 11.2. The molecule has 0 atom stereocenters. The topological polar surface area (TPSA) is 42.0 Å². The van der Waals surface area contributed by atoms with Gasteiger partial charge in [-0.05, 0) is 44.0 Å². The molecule has 1 aromatic heterocycles. The van der Waals surface area contributed by atoms with Gasteiger partial charge in [0, 0.05) is 11.5 Å². The first kappa shape index (κ1) is 9.67. The molecule has 12 heavy (non-hydrogen) atoms. The van der Waals surface area contributed by atoms with Crippen LogP contribution in [0, 0.1) is 0 Å². The molecule has 0 bridgehead atoms. The quantitative estimate of drug-likeness (QED) is 0.805. The smallest absolute Gasteiger partial charge is 0.270 e. The van der Waals surface area contributed by atoms with Gasteiger partial charge in [0.2, 0.25) is 0 Å². The largest absolute Gasteiger partial charge is 0.354 e. The van der Waals surface area contributed by atoms with Gasteiger partial charge in [-0.25, -0.2) is 4.98 Å². The Balaban J connectivity index is 3.13. The van der Waals surface area contributed by atoms with Gasteiger partial charge in [0.25, 0.3) is 5.91 Å². The van der Waals surface area contributed by atoms with Crippen molar-refractivity contribution in [3.05, 3.63) is 26.9 Å². The molecular formula is C7H6Br2N2O. The van der Waals surface area contributed by atoms with E-state index in [9.17, 15) is 4.79 Å². The Hall–Kier alpha value is -0.420. The number of halogens is 2. The molecule has 0 fully saturated rings. The second-order valence-electron chi connectivity index (χ2n) is 2.04. The van der Waals surface area contributed by atoms with Crippen LogP contribution in [0.3, 0.4) is 0 Å². The van der Waals surface area contributed by atoms with Gasteiger partial charge in [-0.1, -0.05) is 0 Å². The van der Waals surface area contributed by atoms with E-state index >= 15 is 0 Å². The van der Waals surface area contributed by atoms with E-state index in [2.05, 4.69) is 42.2 Å². The SMILES string of the molecule is CNC(=O)c1nc(Br)ccc1Br. The third-order valence-corrected chi connectivity index (χ3v) is 2.34. The molecule has 0 aliphatic rings. The van der Waals surface area contributed by atoms with Crippen LogP contribution < -0.4 is 5.32 Å². The molecule has 3 nitrogen and oxygen atoms in total. The average molecular weight is 294 g/mol. The minimum atomic E-state index is -0.205. The van der Waals surface area contributed by atoms with E-state index < -0.39 is 0 Å². The maximum atomic E-state index is 11.2. The van der Waals surface area contributed by atoms with Crippen molar-refractivity contribution >= 4 is 37.8 Å². The van der Waals surface area contributed by atoms with Crippen LogP contribution in [0.2, 0.25) is 0 Å². The van der Waals surface area contributed by atoms with Crippen molar-refractivity contribution in [2.75, 3.05) is 7.05 Å². The Labute approximate surface area is 86.8 Å². The van der Waals surface area contributed by atoms with Crippen LogP contribution >= 0.6 is 31.9 Å². The lowest BCUT2D eigenvalue weighted by Gasteiger charge is -2.01. The molecule has 1 N–H and O–H groups in total. The lowest BCUT2D eigenvalue weighted by atomic mass is 10.3. The molecule has 1 rings (SSSR count). The molecule has 0 aliphatic heterocycles. The molecule has 64 valence electrons. The van der Waals surface area contributed by atoms with Gasteiger partial charge in [-0.15, -0.1) is 0 Å². The monoisotopic (exact) mass is 292 g/mol. The van der Waals surface area contributed by atoms with E-state index in [-0.39, 0.29) is 5.91 Å². The summed E-state index contributed by atoms with van der Waals surface area (Å²) < 4.78 is 1.33. The first-order chi connectivity index (χ1) is 5.65. The van der Waals surface area contributed by atoms with Crippen molar-refractivity contribution in [2.24, 2.45) is 0 Å². The predicted octanol–water partition coefficient (Wildman–Crippen LogP) is 1.97. The van der Waals surface area contributed by atoms with Gasteiger partial charge in [-0.2, -0.15) is 0 Å². The van der Waals surface area contributed by atoms with E-state index in [0.29, 0.717) is 14.8 Å². The average Bonchev–Trinajstić information content (AvgIpc) is 2.08. The van der Waals surface area contributed by atoms with Crippen molar-refractivity contribution < 1.29 is 4.79 Å². The predicted molar refractivity (Wildman–Crippen MR) is 53.0 cm³/mol. The molecule has 0 unspecified atom stereocenters. The van der Waals surface area contributed by atoms with Crippen molar-refractivity contribution in [3.8, 4) is 0 Å². The summed E-state index contributed by atoms with van der Waals surface area (Å²) in [5.41, 5.74) is 0.381. The highest BCUT2D eigenvalue weighted by Gasteiger charge is 2.09. The molecule has 0 saturated heterocycles. The standard InChI is InChI=1S/C7H6Br2N2O/c1-10-7(12)6-4(8)2-3-5(9)11-6/h2-3H,1H3,(H,10,12). The number of hydrogen-bond acceptors (Lipinski definition) is 2. The van der Waals surface area contributed by atoms with Gasteiger partial charge < -0.3 is 5.32 Å². The van der Waals surface area contributed by atoms with Crippen LogP contribution in [-0.4, -0.2) is 17.9 Å². The molecule has 0 aliphatic carbocycles. The fourth-order valence-electron chi connectivity index (χ4n) is 0.696. The fourth-order valence-corrected chi connectivity index (χ4v) is 1.41. The van der Waals surface area contributed by atoms with E-state index in [4.69, 9.17) is 0 Å². The zero-order chi connectivity index (χ0) is 9.14. The summed E-state index contributed by atoms with van der Waals surface area (Å²) in [7, 11) is 1.57. The number of nitrogens with one attached hydrogen (secondary N) is 1. The minimum absolute atomic E-state index is 0.205. The summed E-state index contributed by atoms with van der Waals surface area (Å²) in [6.07, 6.45) is 0. The summed E-state index contributed by atoms with van der Waals surface area (Å²) in [6, 6.07) is 3.53. The molecular weight excluding hydrogens is 288 g/mol.